The first kappa shape index (κ1) is 20.7. The molecule has 1 aliphatic rings. The van der Waals surface area contributed by atoms with Gasteiger partial charge in [-0.15, -0.1) is 0 Å². The molecule has 0 amide bonds. The van der Waals surface area contributed by atoms with E-state index in [0.29, 0.717) is 18.8 Å². The van der Waals surface area contributed by atoms with Crippen LogP contribution in [0.4, 0.5) is 18.9 Å². The van der Waals surface area contributed by atoms with Crippen molar-refractivity contribution in [1.29, 1.82) is 0 Å². The number of piperazine rings is 1. The van der Waals surface area contributed by atoms with Gasteiger partial charge >= 0.3 is 11.0 Å². The molecule has 8 heteroatoms. The molecule has 1 aliphatic heterocycles. The Bertz CT molecular complexity index is 1030. The van der Waals surface area contributed by atoms with Crippen molar-refractivity contribution in [1.82, 2.24) is 9.88 Å². The average molecular weight is 433 g/mol. The molecule has 0 aliphatic carbocycles. The van der Waals surface area contributed by atoms with Crippen LogP contribution in [0.15, 0.2) is 58.7 Å². The third-order valence-electron chi connectivity index (χ3n) is 5.41. The van der Waals surface area contributed by atoms with Gasteiger partial charge in [-0.2, -0.15) is 13.2 Å². The predicted molar refractivity (Wildman–Crippen MR) is 114 cm³/mol. The minimum atomic E-state index is -4.31. The summed E-state index contributed by atoms with van der Waals surface area (Å²) < 4.78 is 38.8. The quantitative estimate of drug-likeness (QED) is 0.645. The maximum absolute atomic E-state index is 12.9. The van der Waals surface area contributed by atoms with Crippen LogP contribution in [0.5, 0.6) is 0 Å². The number of H-pyrrole nitrogens is 1. The van der Waals surface area contributed by atoms with E-state index in [1.54, 1.807) is 6.07 Å². The van der Waals surface area contributed by atoms with Gasteiger partial charge in [-0.25, -0.2) is 0 Å². The molecule has 0 unspecified atom stereocenters. The second-order valence-electron chi connectivity index (χ2n) is 7.39. The Morgan fingerprint density at radius 2 is 1.73 bits per heavy atom. The Morgan fingerprint density at radius 1 is 1.00 bits per heavy atom. The molecule has 0 atom stereocenters. The molecule has 0 saturated carbocycles. The van der Waals surface area contributed by atoms with Crippen LogP contribution in [0.25, 0.3) is 11.3 Å². The Labute approximate surface area is 176 Å². The second kappa shape index (κ2) is 8.65. The Morgan fingerprint density at radius 3 is 2.37 bits per heavy atom. The lowest BCUT2D eigenvalue weighted by atomic mass is 10.1. The number of alkyl halides is 3. The number of hydrogen-bond acceptors (Lipinski definition) is 4. The van der Waals surface area contributed by atoms with E-state index in [9.17, 15) is 18.0 Å². The topological polar surface area (TPSA) is 39.3 Å². The second-order valence-corrected chi connectivity index (χ2v) is 8.23. The van der Waals surface area contributed by atoms with Crippen molar-refractivity contribution >= 4 is 17.0 Å². The largest absolute Gasteiger partial charge is 0.416 e. The Balaban J connectivity index is 1.29. The zero-order valence-electron chi connectivity index (χ0n) is 16.3. The molecule has 30 heavy (non-hydrogen) atoms. The third-order valence-corrected chi connectivity index (χ3v) is 6.08. The number of halogens is 3. The number of rotatable bonds is 5. The highest BCUT2D eigenvalue weighted by Crippen LogP contribution is 2.31. The molecule has 1 fully saturated rings. The average Bonchev–Trinajstić information content (AvgIpc) is 3.19. The number of thiazole rings is 1. The summed E-state index contributed by atoms with van der Waals surface area (Å²) in [5.41, 5.74) is 3.08. The summed E-state index contributed by atoms with van der Waals surface area (Å²) in [7, 11) is 0. The van der Waals surface area contributed by atoms with E-state index in [4.69, 9.17) is 0 Å². The molecule has 0 bridgehead atoms. The van der Waals surface area contributed by atoms with Crippen LogP contribution in [0.2, 0.25) is 0 Å². The summed E-state index contributed by atoms with van der Waals surface area (Å²) in [6.45, 7) is 3.98. The molecule has 2 aromatic carbocycles. The molecule has 2 heterocycles. The van der Waals surface area contributed by atoms with Crippen molar-refractivity contribution in [3.8, 4) is 11.3 Å². The van der Waals surface area contributed by atoms with E-state index in [0.717, 1.165) is 54.7 Å². The summed E-state index contributed by atoms with van der Waals surface area (Å²) in [6, 6.07) is 13.7. The van der Waals surface area contributed by atoms with E-state index in [1.165, 1.54) is 17.7 Å². The standard InChI is InChI=1S/C22H22F3N3OS/c23-22(24,25)18-2-1-3-19(14-18)28-12-10-27(11-13-28)9-8-16-4-6-17(7-5-16)20-15-30-21(29)26-20/h1-7,14-15H,8-13H2,(H,26,29). The van der Waals surface area contributed by atoms with Crippen LogP contribution in [0.1, 0.15) is 11.1 Å². The maximum Gasteiger partial charge on any atom is 0.416 e. The zero-order valence-corrected chi connectivity index (χ0v) is 17.1. The summed E-state index contributed by atoms with van der Waals surface area (Å²) in [6.07, 6.45) is -3.41. The predicted octanol–water partition coefficient (Wildman–Crippen LogP) is 4.49. The molecule has 0 radical (unpaired) electrons. The van der Waals surface area contributed by atoms with Crippen LogP contribution in [0.3, 0.4) is 0 Å². The first-order chi connectivity index (χ1) is 14.4. The van der Waals surface area contributed by atoms with Gasteiger partial charge in [0.25, 0.3) is 0 Å². The van der Waals surface area contributed by atoms with Crippen LogP contribution in [-0.4, -0.2) is 42.6 Å². The molecule has 1 N–H and O–H groups in total. The maximum atomic E-state index is 12.9. The van der Waals surface area contributed by atoms with Crippen molar-refractivity contribution < 1.29 is 13.2 Å². The summed E-state index contributed by atoms with van der Waals surface area (Å²) in [5, 5.41) is 1.82. The number of aromatic nitrogens is 1. The first-order valence-corrected chi connectivity index (χ1v) is 10.7. The monoisotopic (exact) mass is 433 g/mol. The molecular weight excluding hydrogens is 411 g/mol. The van der Waals surface area contributed by atoms with E-state index >= 15 is 0 Å². The van der Waals surface area contributed by atoms with Gasteiger partial charge in [-0.1, -0.05) is 41.7 Å². The molecular formula is C22H22F3N3OS. The van der Waals surface area contributed by atoms with E-state index < -0.39 is 11.7 Å². The molecule has 0 spiro atoms. The van der Waals surface area contributed by atoms with Gasteiger partial charge in [-0.3, -0.25) is 9.69 Å². The van der Waals surface area contributed by atoms with Crippen LogP contribution in [-0.2, 0) is 12.6 Å². The zero-order chi connectivity index (χ0) is 21.1. The molecule has 1 aromatic heterocycles. The van der Waals surface area contributed by atoms with Crippen molar-refractivity contribution in [2.24, 2.45) is 0 Å². The first-order valence-electron chi connectivity index (χ1n) is 9.80. The number of benzene rings is 2. The Hall–Kier alpha value is -2.58. The fourth-order valence-electron chi connectivity index (χ4n) is 3.67. The number of hydrogen-bond donors (Lipinski definition) is 1. The summed E-state index contributed by atoms with van der Waals surface area (Å²) in [5.74, 6) is 0. The van der Waals surface area contributed by atoms with Gasteiger partial charge in [0.2, 0.25) is 0 Å². The van der Waals surface area contributed by atoms with Gasteiger partial charge in [0.05, 0.1) is 11.3 Å². The van der Waals surface area contributed by atoms with Crippen molar-refractivity contribution in [3.05, 3.63) is 74.7 Å². The molecule has 1 saturated heterocycles. The fraction of sp³-hybridized carbons (Fsp3) is 0.318. The van der Waals surface area contributed by atoms with Crippen molar-refractivity contribution in [2.75, 3.05) is 37.6 Å². The lowest BCUT2D eigenvalue weighted by Gasteiger charge is -2.36. The number of anilines is 1. The van der Waals surface area contributed by atoms with Gasteiger partial charge in [0.1, 0.15) is 0 Å². The lowest BCUT2D eigenvalue weighted by molar-refractivity contribution is -0.137. The van der Waals surface area contributed by atoms with Gasteiger partial charge in [0.15, 0.2) is 0 Å². The van der Waals surface area contributed by atoms with Crippen molar-refractivity contribution in [2.45, 2.75) is 12.6 Å². The normalized spacial score (nSPS) is 15.5. The highest BCUT2D eigenvalue weighted by Gasteiger charge is 2.31. The van der Waals surface area contributed by atoms with Gasteiger partial charge in [-0.05, 0) is 35.7 Å². The molecule has 4 nitrogen and oxygen atoms in total. The van der Waals surface area contributed by atoms with Crippen LogP contribution in [0, 0.1) is 0 Å². The van der Waals surface area contributed by atoms with Crippen molar-refractivity contribution in [3.63, 3.8) is 0 Å². The molecule has 3 aromatic rings. The SMILES string of the molecule is O=c1[nH]c(-c2ccc(CCN3CCN(c4cccc(C(F)(F)F)c4)CC3)cc2)cs1. The Kier molecular flexibility index (Phi) is 5.97. The van der Waals surface area contributed by atoms with E-state index in [2.05, 4.69) is 22.0 Å². The smallest absolute Gasteiger partial charge is 0.369 e. The third kappa shape index (κ3) is 4.94. The minimum absolute atomic E-state index is 0.0571. The van der Waals surface area contributed by atoms with E-state index in [1.807, 2.05) is 22.4 Å². The number of aromatic amines is 1. The van der Waals surface area contributed by atoms with Gasteiger partial charge < -0.3 is 9.88 Å². The summed E-state index contributed by atoms with van der Waals surface area (Å²) in [4.78, 5) is 18.4. The lowest BCUT2D eigenvalue weighted by Crippen LogP contribution is -2.47. The molecule has 158 valence electrons. The van der Waals surface area contributed by atoms with E-state index in [-0.39, 0.29) is 4.87 Å². The fourth-order valence-corrected chi connectivity index (χ4v) is 4.26. The van der Waals surface area contributed by atoms with Crippen LogP contribution >= 0.6 is 11.3 Å². The number of nitrogens with one attached hydrogen (secondary N) is 1. The summed E-state index contributed by atoms with van der Waals surface area (Å²) >= 11 is 1.16. The minimum Gasteiger partial charge on any atom is -0.369 e. The number of nitrogens with zero attached hydrogens (tertiary/aromatic N) is 2. The van der Waals surface area contributed by atoms with Crippen LogP contribution < -0.4 is 9.77 Å². The molecule has 4 rings (SSSR count). The highest BCUT2D eigenvalue weighted by atomic mass is 32.1. The van der Waals surface area contributed by atoms with Gasteiger partial charge in [0, 0.05) is 43.8 Å². The highest BCUT2D eigenvalue weighted by molar-refractivity contribution is 7.07.